The van der Waals surface area contributed by atoms with Gasteiger partial charge < -0.3 is 10.5 Å². The SMILES string of the molecule is CC1OCCC1SCc1nc(N)c2cnn(C)c2n1. The minimum Gasteiger partial charge on any atom is -0.383 e. The van der Waals surface area contributed by atoms with E-state index in [0.717, 1.165) is 35.6 Å². The number of nitrogens with zero attached hydrogens (tertiary/aromatic N) is 4. The van der Waals surface area contributed by atoms with Crippen LogP contribution in [0.1, 0.15) is 19.2 Å². The molecular formula is C12H17N5OS. The summed E-state index contributed by atoms with van der Waals surface area (Å²) in [5.41, 5.74) is 6.73. The van der Waals surface area contributed by atoms with Crippen LogP contribution in [0.4, 0.5) is 5.82 Å². The van der Waals surface area contributed by atoms with Gasteiger partial charge in [-0.3, -0.25) is 4.68 Å². The van der Waals surface area contributed by atoms with Crippen LogP contribution >= 0.6 is 11.8 Å². The monoisotopic (exact) mass is 279 g/mol. The number of anilines is 1. The second kappa shape index (κ2) is 4.97. The van der Waals surface area contributed by atoms with E-state index >= 15 is 0 Å². The lowest BCUT2D eigenvalue weighted by Gasteiger charge is -2.12. The molecule has 3 rings (SSSR count). The van der Waals surface area contributed by atoms with E-state index in [1.165, 1.54) is 0 Å². The molecule has 1 aliphatic rings. The molecule has 2 N–H and O–H groups in total. The predicted octanol–water partition coefficient (Wildman–Crippen LogP) is 1.36. The maximum Gasteiger partial charge on any atom is 0.163 e. The molecule has 0 bridgehead atoms. The van der Waals surface area contributed by atoms with E-state index in [0.29, 0.717) is 17.2 Å². The van der Waals surface area contributed by atoms with Gasteiger partial charge in [0.05, 0.1) is 23.4 Å². The maximum absolute atomic E-state index is 5.94. The van der Waals surface area contributed by atoms with Crippen molar-refractivity contribution in [3.05, 3.63) is 12.0 Å². The first-order valence-electron chi connectivity index (χ1n) is 6.32. The highest BCUT2D eigenvalue weighted by atomic mass is 32.2. The van der Waals surface area contributed by atoms with Gasteiger partial charge in [0.1, 0.15) is 11.6 Å². The van der Waals surface area contributed by atoms with Crippen LogP contribution in [0.5, 0.6) is 0 Å². The highest BCUT2D eigenvalue weighted by Crippen LogP contribution is 2.29. The Morgan fingerprint density at radius 3 is 3.11 bits per heavy atom. The fourth-order valence-corrected chi connectivity index (χ4v) is 3.37. The van der Waals surface area contributed by atoms with E-state index in [4.69, 9.17) is 10.5 Å². The van der Waals surface area contributed by atoms with Crippen LogP contribution in [0, 0.1) is 0 Å². The molecule has 6 nitrogen and oxygen atoms in total. The number of aryl methyl sites for hydroxylation is 1. The fourth-order valence-electron chi connectivity index (χ4n) is 2.27. The first kappa shape index (κ1) is 12.7. The lowest BCUT2D eigenvalue weighted by molar-refractivity contribution is 0.127. The largest absolute Gasteiger partial charge is 0.383 e. The summed E-state index contributed by atoms with van der Waals surface area (Å²) >= 11 is 1.84. The molecule has 0 radical (unpaired) electrons. The van der Waals surface area contributed by atoms with Crippen LogP contribution in [0.2, 0.25) is 0 Å². The zero-order valence-electron chi connectivity index (χ0n) is 11.0. The Morgan fingerprint density at radius 1 is 1.53 bits per heavy atom. The molecule has 1 aliphatic heterocycles. The summed E-state index contributed by atoms with van der Waals surface area (Å²) in [6, 6.07) is 0. The van der Waals surface area contributed by atoms with Crippen molar-refractivity contribution in [3.63, 3.8) is 0 Å². The zero-order chi connectivity index (χ0) is 13.4. The van der Waals surface area contributed by atoms with Crippen LogP contribution < -0.4 is 5.73 Å². The van der Waals surface area contributed by atoms with E-state index in [-0.39, 0.29) is 0 Å². The molecule has 0 aromatic carbocycles. The third-order valence-electron chi connectivity index (χ3n) is 3.40. The smallest absolute Gasteiger partial charge is 0.163 e. The van der Waals surface area contributed by atoms with Crippen LogP contribution in [-0.2, 0) is 17.5 Å². The molecule has 2 unspecified atom stereocenters. The van der Waals surface area contributed by atoms with Gasteiger partial charge in [0, 0.05) is 18.9 Å². The summed E-state index contributed by atoms with van der Waals surface area (Å²) < 4.78 is 7.28. The summed E-state index contributed by atoms with van der Waals surface area (Å²) in [4.78, 5) is 8.88. The second-order valence-electron chi connectivity index (χ2n) is 4.74. The molecule has 2 aromatic heterocycles. The summed E-state index contributed by atoms with van der Waals surface area (Å²) in [6.07, 6.45) is 3.10. The van der Waals surface area contributed by atoms with Crippen LogP contribution in [0.25, 0.3) is 11.0 Å². The van der Waals surface area contributed by atoms with Crippen molar-refractivity contribution in [1.82, 2.24) is 19.7 Å². The molecule has 102 valence electrons. The van der Waals surface area contributed by atoms with Crippen LogP contribution in [0.15, 0.2) is 6.20 Å². The number of aromatic nitrogens is 4. The Kier molecular flexibility index (Phi) is 3.32. The summed E-state index contributed by atoms with van der Waals surface area (Å²) in [7, 11) is 1.86. The maximum atomic E-state index is 5.94. The molecule has 19 heavy (non-hydrogen) atoms. The number of nitrogens with two attached hydrogens (primary N) is 1. The number of thioether (sulfide) groups is 1. The van der Waals surface area contributed by atoms with Gasteiger partial charge in [-0.1, -0.05) is 0 Å². The van der Waals surface area contributed by atoms with Crippen molar-refractivity contribution in [2.24, 2.45) is 7.05 Å². The van der Waals surface area contributed by atoms with Crippen molar-refractivity contribution >= 4 is 28.6 Å². The number of fused-ring (bicyclic) bond motifs is 1. The van der Waals surface area contributed by atoms with Crippen molar-refractivity contribution < 1.29 is 4.74 Å². The summed E-state index contributed by atoms with van der Waals surface area (Å²) in [6.45, 7) is 2.97. The zero-order valence-corrected chi connectivity index (χ0v) is 11.9. The van der Waals surface area contributed by atoms with Crippen LogP contribution in [-0.4, -0.2) is 37.7 Å². The molecule has 7 heteroatoms. The van der Waals surface area contributed by atoms with Crippen molar-refractivity contribution in [1.29, 1.82) is 0 Å². The van der Waals surface area contributed by atoms with Gasteiger partial charge in [0.2, 0.25) is 0 Å². The quantitative estimate of drug-likeness (QED) is 0.914. The van der Waals surface area contributed by atoms with Gasteiger partial charge in [-0.25, -0.2) is 9.97 Å². The Labute approximate surface area is 115 Å². The number of nitrogen functional groups attached to an aromatic ring is 1. The van der Waals surface area contributed by atoms with Gasteiger partial charge in [-0.05, 0) is 13.3 Å². The highest BCUT2D eigenvalue weighted by molar-refractivity contribution is 7.99. The third-order valence-corrected chi connectivity index (χ3v) is 4.87. The first-order chi connectivity index (χ1) is 9.15. The molecule has 0 spiro atoms. The summed E-state index contributed by atoms with van der Waals surface area (Å²) in [5, 5.41) is 5.49. The normalized spacial score (nSPS) is 23.3. The second-order valence-corrected chi connectivity index (χ2v) is 5.97. The Morgan fingerprint density at radius 2 is 2.37 bits per heavy atom. The van der Waals surface area contributed by atoms with E-state index in [1.54, 1.807) is 10.9 Å². The minimum absolute atomic E-state index is 0.308. The Balaban J connectivity index is 1.79. The van der Waals surface area contributed by atoms with Gasteiger partial charge in [-0.2, -0.15) is 5.10 Å². The number of hydrogen-bond donors (Lipinski definition) is 1. The van der Waals surface area contributed by atoms with E-state index in [2.05, 4.69) is 22.0 Å². The van der Waals surface area contributed by atoms with Gasteiger partial charge in [0.25, 0.3) is 0 Å². The molecule has 0 saturated carbocycles. The van der Waals surface area contributed by atoms with E-state index in [9.17, 15) is 0 Å². The predicted molar refractivity (Wildman–Crippen MR) is 75.8 cm³/mol. The van der Waals surface area contributed by atoms with Gasteiger partial charge in [-0.15, -0.1) is 11.8 Å². The molecule has 1 saturated heterocycles. The lowest BCUT2D eigenvalue weighted by Crippen LogP contribution is -2.14. The molecular weight excluding hydrogens is 262 g/mol. The third kappa shape index (κ3) is 2.40. The Hall–Kier alpha value is -1.34. The molecule has 0 aliphatic carbocycles. The highest BCUT2D eigenvalue weighted by Gasteiger charge is 2.24. The molecule has 2 aromatic rings. The van der Waals surface area contributed by atoms with Gasteiger partial charge in [0.15, 0.2) is 5.65 Å². The molecule has 1 fully saturated rings. The first-order valence-corrected chi connectivity index (χ1v) is 7.37. The van der Waals surface area contributed by atoms with E-state index in [1.807, 2.05) is 18.8 Å². The van der Waals surface area contributed by atoms with E-state index < -0.39 is 0 Å². The average molecular weight is 279 g/mol. The molecule has 2 atom stereocenters. The molecule has 0 amide bonds. The Bertz CT molecular complexity index is 599. The number of ether oxygens (including phenoxy) is 1. The summed E-state index contributed by atoms with van der Waals surface area (Å²) in [5.74, 6) is 2.02. The average Bonchev–Trinajstić information content (AvgIpc) is 2.95. The van der Waals surface area contributed by atoms with Crippen molar-refractivity contribution in [3.8, 4) is 0 Å². The van der Waals surface area contributed by atoms with Crippen LogP contribution in [0.3, 0.4) is 0 Å². The van der Waals surface area contributed by atoms with Crippen molar-refractivity contribution in [2.75, 3.05) is 12.3 Å². The fraction of sp³-hybridized carbons (Fsp3) is 0.583. The number of hydrogen-bond acceptors (Lipinski definition) is 6. The standard InChI is InChI=1S/C12H17N5OS/c1-7-9(3-4-18-7)19-6-10-15-11(13)8-5-14-17(2)12(8)16-10/h5,7,9H,3-4,6H2,1-2H3,(H2,13,15,16). The van der Waals surface area contributed by atoms with Gasteiger partial charge >= 0.3 is 0 Å². The topological polar surface area (TPSA) is 78.9 Å². The number of rotatable bonds is 3. The minimum atomic E-state index is 0.308. The lowest BCUT2D eigenvalue weighted by atomic mass is 10.3. The van der Waals surface area contributed by atoms with Crippen molar-refractivity contribution in [2.45, 2.75) is 30.5 Å². The molecule has 3 heterocycles.